The van der Waals surface area contributed by atoms with Gasteiger partial charge in [0.1, 0.15) is 0 Å². The second kappa shape index (κ2) is 15.8. The molecule has 8 heteroatoms. The number of nitrogens with two attached hydrogens (primary N) is 1. The van der Waals surface area contributed by atoms with E-state index in [0.29, 0.717) is 6.54 Å². The van der Waals surface area contributed by atoms with Crippen molar-refractivity contribution in [2.75, 3.05) is 6.54 Å². The van der Waals surface area contributed by atoms with Gasteiger partial charge in [0.15, 0.2) is 0 Å². The average Bonchev–Trinajstić information content (AvgIpc) is 2.50. The van der Waals surface area contributed by atoms with Crippen LogP contribution in [0.15, 0.2) is 30.5 Å². The Balaban J connectivity index is -0.0000000939. The van der Waals surface area contributed by atoms with Gasteiger partial charge in [0.2, 0.25) is 0 Å². The molecule has 1 heterocycles. The Hall–Kier alpha value is 0.754. The average molecular weight is 388 g/mol. The number of fused-ring (bicyclic) bond motifs is 1. The summed E-state index contributed by atoms with van der Waals surface area (Å²) < 4.78 is 0. The van der Waals surface area contributed by atoms with Crippen LogP contribution >= 0.6 is 0 Å². The number of H-pyrrole nitrogens is 1. The number of para-hydroxylation sites is 1. The maximum absolute atomic E-state index is 5.50. The fraction of sp³-hybridized carbons (Fsp3) is 0.200. The van der Waals surface area contributed by atoms with Crippen LogP contribution in [0, 0.1) is 0 Å². The van der Waals surface area contributed by atoms with E-state index in [1.165, 1.54) is 16.5 Å². The molecule has 107 valence electrons. The molecule has 0 unspecified atom stereocenters. The number of hydrogen-bond acceptors (Lipinski definition) is 1. The molecule has 0 bridgehead atoms. The van der Waals surface area contributed by atoms with E-state index in [0.717, 1.165) is 6.42 Å². The fourth-order valence-corrected chi connectivity index (χ4v) is 1.49. The first-order valence-corrected chi connectivity index (χ1v) is 4.17. The van der Waals surface area contributed by atoms with E-state index < -0.39 is 0 Å². The maximum atomic E-state index is 5.50. The summed E-state index contributed by atoms with van der Waals surface area (Å²) in [6.07, 6.45) is 2.99. The molecule has 1 aromatic carbocycles. The number of benzene rings is 1. The molecule has 0 saturated carbocycles. The van der Waals surface area contributed by atoms with Crippen molar-refractivity contribution in [3.05, 3.63) is 36.0 Å². The third-order valence-corrected chi connectivity index (χ3v) is 2.09. The zero-order chi connectivity index (χ0) is 8.39. The minimum Gasteiger partial charge on any atom is -1.00 e. The molecule has 0 amide bonds. The SMILES string of the molecule is NCCc1c[nH]c2ccccc12.[Cl-].[Cl-].[Cl-].[Cl-].[Cl-].[V]. The second-order valence-corrected chi connectivity index (χ2v) is 2.90. The zero-order valence-electron chi connectivity index (χ0n) is 9.22. The van der Waals surface area contributed by atoms with Gasteiger partial charge in [-0.15, -0.1) is 0 Å². The molecule has 0 saturated heterocycles. The summed E-state index contributed by atoms with van der Waals surface area (Å²) in [6, 6.07) is 8.29. The summed E-state index contributed by atoms with van der Waals surface area (Å²) in [5.74, 6) is 0. The Morgan fingerprint density at radius 1 is 0.944 bits per heavy atom. The van der Waals surface area contributed by atoms with Crippen LogP contribution in [0.1, 0.15) is 5.56 Å². The predicted octanol–water partition coefficient (Wildman–Crippen LogP) is -13.3. The van der Waals surface area contributed by atoms with E-state index in [2.05, 4.69) is 23.2 Å². The zero-order valence-corrected chi connectivity index (χ0v) is 14.4. The van der Waals surface area contributed by atoms with Crippen LogP contribution in [-0.4, -0.2) is 11.5 Å². The summed E-state index contributed by atoms with van der Waals surface area (Å²) in [5, 5.41) is 1.29. The van der Waals surface area contributed by atoms with Gasteiger partial charge in [0, 0.05) is 35.7 Å². The first kappa shape index (κ1) is 31.2. The van der Waals surface area contributed by atoms with Crippen molar-refractivity contribution in [1.29, 1.82) is 0 Å². The third-order valence-electron chi connectivity index (χ3n) is 2.09. The van der Waals surface area contributed by atoms with Crippen LogP contribution in [0.3, 0.4) is 0 Å². The Labute approximate surface area is 150 Å². The standard InChI is InChI=1S/C10H12N2.5ClH.V/c11-6-5-8-7-12-10-4-2-1-3-9(8)10;;;;;;/h1-4,7,12H,5-6,11H2;5*1H;/p-5. The topological polar surface area (TPSA) is 41.8 Å². The molecule has 18 heavy (non-hydrogen) atoms. The Bertz CT molecular complexity index is 396. The molecule has 0 aliphatic carbocycles. The fourth-order valence-electron chi connectivity index (χ4n) is 1.49. The molecular formula is C10H12Cl5N2V-5. The number of halogens is 5. The van der Waals surface area contributed by atoms with E-state index in [1.54, 1.807) is 0 Å². The Morgan fingerprint density at radius 3 is 2.06 bits per heavy atom. The normalized spacial score (nSPS) is 7.17. The first-order chi connectivity index (χ1) is 5.92. The van der Waals surface area contributed by atoms with E-state index in [4.69, 9.17) is 5.73 Å². The predicted molar refractivity (Wildman–Crippen MR) is 51.1 cm³/mol. The van der Waals surface area contributed by atoms with Crippen molar-refractivity contribution in [2.24, 2.45) is 5.73 Å². The van der Waals surface area contributed by atoms with E-state index in [1.807, 2.05) is 12.3 Å². The maximum Gasteiger partial charge on any atom is 0.0456 e. The van der Waals surface area contributed by atoms with Crippen molar-refractivity contribution in [3.8, 4) is 0 Å². The minimum absolute atomic E-state index is 0. The van der Waals surface area contributed by atoms with Crippen molar-refractivity contribution < 1.29 is 80.6 Å². The van der Waals surface area contributed by atoms with Crippen LogP contribution in [0.25, 0.3) is 10.9 Å². The number of hydrogen-bond donors (Lipinski definition) is 2. The van der Waals surface area contributed by atoms with E-state index >= 15 is 0 Å². The molecule has 3 N–H and O–H groups in total. The Kier molecular flexibility index (Phi) is 27.4. The number of rotatable bonds is 2. The summed E-state index contributed by atoms with van der Waals surface area (Å²) in [5.41, 5.74) is 8.01. The van der Waals surface area contributed by atoms with E-state index in [-0.39, 0.29) is 80.6 Å². The van der Waals surface area contributed by atoms with Crippen molar-refractivity contribution >= 4 is 10.9 Å². The molecular weight excluding hydrogens is 376 g/mol. The molecule has 2 nitrogen and oxygen atoms in total. The monoisotopic (exact) mass is 386 g/mol. The quantitative estimate of drug-likeness (QED) is 0.527. The van der Waals surface area contributed by atoms with Crippen LogP contribution in [0.4, 0.5) is 0 Å². The molecule has 1 aromatic heterocycles. The number of aromatic nitrogens is 1. The molecule has 2 rings (SSSR count). The van der Waals surface area contributed by atoms with Crippen molar-refractivity contribution in [2.45, 2.75) is 6.42 Å². The molecule has 2 aromatic rings. The van der Waals surface area contributed by atoms with Gasteiger partial charge in [-0.1, -0.05) is 18.2 Å². The van der Waals surface area contributed by atoms with Crippen molar-refractivity contribution in [1.82, 2.24) is 4.98 Å². The van der Waals surface area contributed by atoms with Gasteiger partial charge in [-0.3, -0.25) is 0 Å². The van der Waals surface area contributed by atoms with Crippen LogP contribution in [0.5, 0.6) is 0 Å². The first-order valence-electron chi connectivity index (χ1n) is 4.17. The van der Waals surface area contributed by atoms with Crippen LogP contribution in [0.2, 0.25) is 0 Å². The minimum atomic E-state index is 0. The third kappa shape index (κ3) is 7.37. The summed E-state index contributed by atoms with van der Waals surface area (Å²) >= 11 is 0. The second-order valence-electron chi connectivity index (χ2n) is 2.90. The molecule has 0 spiro atoms. The van der Waals surface area contributed by atoms with E-state index in [9.17, 15) is 0 Å². The molecule has 0 atom stereocenters. The van der Waals surface area contributed by atoms with Gasteiger partial charge in [-0.2, -0.15) is 0 Å². The Morgan fingerprint density at radius 2 is 1.50 bits per heavy atom. The van der Waals surface area contributed by atoms with Gasteiger partial charge >= 0.3 is 0 Å². The molecule has 0 aliphatic heterocycles. The van der Waals surface area contributed by atoms with Crippen LogP contribution in [-0.2, 0) is 25.0 Å². The van der Waals surface area contributed by atoms with Gasteiger partial charge < -0.3 is 72.8 Å². The summed E-state index contributed by atoms with van der Waals surface area (Å²) in [4.78, 5) is 3.22. The molecule has 0 aliphatic rings. The largest absolute Gasteiger partial charge is 1.00 e. The van der Waals surface area contributed by atoms with Gasteiger partial charge in [0.05, 0.1) is 0 Å². The smallest absolute Gasteiger partial charge is 0.0456 e. The van der Waals surface area contributed by atoms with Gasteiger partial charge in [-0.05, 0) is 24.6 Å². The number of aromatic amines is 1. The van der Waals surface area contributed by atoms with Crippen LogP contribution < -0.4 is 67.8 Å². The molecule has 0 fully saturated rings. The number of nitrogens with one attached hydrogen (secondary N) is 1. The van der Waals surface area contributed by atoms with Gasteiger partial charge in [-0.25, -0.2) is 0 Å². The van der Waals surface area contributed by atoms with Crippen molar-refractivity contribution in [3.63, 3.8) is 0 Å². The van der Waals surface area contributed by atoms with Gasteiger partial charge in [0.25, 0.3) is 0 Å². The molecule has 1 radical (unpaired) electrons. The summed E-state index contributed by atoms with van der Waals surface area (Å²) in [7, 11) is 0. The summed E-state index contributed by atoms with van der Waals surface area (Å²) in [6.45, 7) is 0.710.